The van der Waals surface area contributed by atoms with Gasteiger partial charge in [-0.25, -0.2) is 4.79 Å². The number of amides is 1. The molecule has 0 aromatic carbocycles. The predicted molar refractivity (Wildman–Crippen MR) is 71.0 cm³/mol. The Balaban J connectivity index is 2.19. The van der Waals surface area contributed by atoms with Gasteiger partial charge in [0.05, 0.1) is 6.42 Å². The average molecular weight is 272 g/mol. The van der Waals surface area contributed by atoms with Crippen molar-refractivity contribution in [2.45, 2.75) is 32.8 Å². The fourth-order valence-electron chi connectivity index (χ4n) is 1.98. The van der Waals surface area contributed by atoms with Crippen LogP contribution in [0.3, 0.4) is 0 Å². The van der Waals surface area contributed by atoms with E-state index in [0.717, 1.165) is 6.54 Å². The third-order valence-electron chi connectivity index (χ3n) is 2.89. The number of ether oxygens (including phenoxy) is 1. The van der Waals surface area contributed by atoms with E-state index >= 15 is 0 Å². The molecule has 0 bridgehead atoms. The lowest BCUT2D eigenvalue weighted by molar-refractivity contribution is -0.137. The summed E-state index contributed by atoms with van der Waals surface area (Å²) < 4.78 is 5.27. The molecule has 0 saturated carbocycles. The standard InChI is InChI=1S/C13H24N2O4/c1-13(2,3)19-12(18)15-8-10(9-15)7-14(4)6-5-11(16)17/h10H,5-9H2,1-4H3,(H,16,17). The van der Waals surface area contributed by atoms with Crippen molar-refractivity contribution in [2.24, 2.45) is 5.92 Å². The van der Waals surface area contributed by atoms with Gasteiger partial charge in [-0.1, -0.05) is 0 Å². The normalized spacial score (nSPS) is 16.4. The topological polar surface area (TPSA) is 70.1 Å². The minimum atomic E-state index is -0.782. The van der Waals surface area contributed by atoms with Crippen LogP contribution in [-0.2, 0) is 9.53 Å². The van der Waals surface area contributed by atoms with Crippen molar-refractivity contribution in [3.63, 3.8) is 0 Å². The van der Waals surface area contributed by atoms with Crippen LogP contribution in [0.25, 0.3) is 0 Å². The van der Waals surface area contributed by atoms with Gasteiger partial charge in [-0.2, -0.15) is 0 Å². The molecule has 1 saturated heterocycles. The van der Waals surface area contributed by atoms with Crippen LogP contribution in [0.4, 0.5) is 4.79 Å². The third-order valence-corrected chi connectivity index (χ3v) is 2.89. The quantitative estimate of drug-likeness (QED) is 0.816. The van der Waals surface area contributed by atoms with E-state index in [1.165, 1.54) is 0 Å². The summed E-state index contributed by atoms with van der Waals surface area (Å²) in [6.45, 7) is 8.27. The van der Waals surface area contributed by atoms with Crippen LogP contribution < -0.4 is 0 Å². The van der Waals surface area contributed by atoms with Crippen molar-refractivity contribution in [1.29, 1.82) is 0 Å². The number of hydrogen-bond acceptors (Lipinski definition) is 4. The van der Waals surface area contributed by atoms with Gasteiger partial charge in [-0.15, -0.1) is 0 Å². The van der Waals surface area contributed by atoms with Crippen LogP contribution in [0, 0.1) is 5.92 Å². The van der Waals surface area contributed by atoms with Crippen molar-refractivity contribution in [2.75, 3.05) is 33.2 Å². The maximum absolute atomic E-state index is 11.7. The van der Waals surface area contributed by atoms with Crippen LogP contribution in [0.2, 0.25) is 0 Å². The molecule has 1 aliphatic rings. The first-order valence-electron chi connectivity index (χ1n) is 6.55. The predicted octanol–water partition coefficient (Wildman–Crippen LogP) is 1.26. The van der Waals surface area contributed by atoms with Gasteiger partial charge in [0.1, 0.15) is 5.60 Å². The molecule has 19 heavy (non-hydrogen) atoms. The molecular weight excluding hydrogens is 248 g/mol. The van der Waals surface area contributed by atoms with Gasteiger partial charge >= 0.3 is 12.1 Å². The van der Waals surface area contributed by atoms with Gasteiger partial charge in [0.15, 0.2) is 0 Å². The molecule has 1 aliphatic heterocycles. The van der Waals surface area contributed by atoms with Crippen LogP contribution in [0.5, 0.6) is 0 Å². The number of hydrogen-bond donors (Lipinski definition) is 1. The zero-order valence-electron chi connectivity index (χ0n) is 12.2. The lowest BCUT2D eigenvalue weighted by atomic mass is 10.0. The molecule has 0 aromatic rings. The van der Waals surface area contributed by atoms with Crippen molar-refractivity contribution in [3.05, 3.63) is 0 Å². The Labute approximate surface area is 114 Å². The molecule has 0 atom stereocenters. The minimum absolute atomic E-state index is 0.152. The maximum Gasteiger partial charge on any atom is 0.410 e. The van der Waals surface area contributed by atoms with Crippen LogP contribution in [0.1, 0.15) is 27.2 Å². The summed E-state index contributed by atoms with van der Waals surface area (Å²) in [6, 6.07) is 0. The highest BCUT2D eigenvalue weighted by Gasteiger charge is 2.33. The monoisotopic (exact) mass is 272 g/mol. The lowest BCUT2D eigenvalue weighted by Gasteiger charge is -2.41. The summed E-state index contributed by atoms with van der Waals surface area (Å²) in [5, 5.41) is 8.59. The zero-order valence-corrected chi connectivity index (χ0v) is 12.2. The van der Waals surface area contributed by atoms with Crippen LogP contribution in [-0.4, -0.2) is 65.8 Å². The second kappa shape index (κ2) is 6.23. The highest BCUT2D eigenvalue weighted by Crippen LogP contribution is 2.20. The molecule has 110 valence electrons. The zero-order chi connectivity index (χ0) is 14.6. The second-order valence-corrected chi connectivity index (χ2v) is 6.16. The summed E-state index contributed by atoms with van der Waals surface area (Å²) in [6.07, 6.45) is -0.115. The molecule has 0 spiro atoms. The Morgan fingerprint density at radius 1 is 1.37 bits per heavy atom. The minimum Gasteiger partial charge on any atom is -0.481 e. The molecule has 0 unspecified atom stereocenters. The Morgan fingerprint density at radius 2 is 1.95 bits per heavy atom. The summed E-state index contributed by atoms with van der Waals surface area (Å²) >= 11 is 0. The second-order valence-electron chi connectivity index (χ2n) is 6.16. The van der Waals surface area contributed by atoms with Crippen molar-refractivity contribution >= 4 is 12.1 Å². The first-order chi connectivity index (χ1) is 8.67. The largest absolute Gasteiger partial charge is 0.481 e. The smallest absolute Gasteiger partial charge is 0.410 e. The Bertz CT molecular complexity index is 332. The van der Waals surface area contributed by atoms with Gasteiger partial charge in [0.2, 0.25) is 0 Å². The van der Waals surface area contributed by atoms with Crippen LogP contribution >= 0.6 is 0 Å². The van der Waals surface area contributed by atoms with Gasteiger partial charge in [-0.3, -0.25) is 4.79 Å². The van der Waals surface area contributed by atoms with Gasteiger partial charge in [0, 0.05) is 32.1 Å². The molecule has 0 radical (unpaired) electrons. The van der Waals surface area contributed by atoms with Crippen molar-refractivity contribution in [3.8, 4) is 0 Å². The first-order valence-corrected chi connectivity index (χ1v) is 6.55. The molecule has 0 aliphatic carbocycles. The number of nitrogens with zero attached hydrogens (tertiary/aromatic N) is 2. The molecule has 1 fully saturated rings. The number of carboxylic acids is 1. The van der Waals surface area contributed by atoms with Crippen LogP contribution in [0.15, 0.2) is 0 Å². The van der Waals surface area contributed by atoms with Gasteiger partial charge in [0.25, 0.3) is 0 Å². The number of carbonyl (C=O) groups is 2. The van der Waals surface area contributed by atoms with E-state index in [0.29, 0.717) is 25.6 Å². The Morgan fingerprint density at radius 3 is 2.42 bits per heavy atom. The summed E-state index contributed by atoms with van der Waals surface area (Å²) in [4.78, 5) is 25.8. The van der Waals surface area contributed by atoms with E-state index in [1.54, 1.807) is 4.90 Å². The lowest BCUT2D eigenvalue weighted by Crippen LogP contribution is -2.54. The SMILES string of the molecule is CN(CCC(=O)O)CC1CN(C(=O)OC(C)(C)C)C1. The maximum atomic E-state index is 11.7. The van der Waals surface area contributed by atoms with Crippen molar-refractivity contribution in [1.82, 2.24) is 9.80 Å². The number of rotatable bonds is 5. The molecule has 1 amide bonds. The summed E-state index contributed by atoms with van der Waals surface area (Å²) in [5.74, 6) is -0.373. The highest BCUT2D eigenvalue weighted by molar-refractivity contribution is 5.69. The number of carbonyl (C=O) groups excluding carboxylic acids is 1. The fraction of sp³-hybridized carbons (Fsp3) is 0.846. The third kappa shape index (κ3) is 5.92. The summed E-state index contributed by atoms with van der Waals surface area (Å²) in [7, 11) is 1.90. The number of likely N-dealkylation sites (tertiary alicyclic amines) is 1. The van der Waals surface area contributed by atoms with Gasteiger partial charge in [-0.05, 0) is 27.8 Å². The molecule has 0 aromatic heterocycles. The average Bonchev–Trinajstić information content (AvgIpc) is 2.16. The van der Waals surface area contributed by atoms with E-state index in [-0.39, 0.29) is 12.5 Å². The molecule has 1 heterocycles. The summed E-state index contributed by atoms with van der Waals surface area (Å²) in [5.41, 5.74) is -0.458. The molecule has 6 heteroatoms. The first kappa shape index (κ1) is 15.8. The van der Waals surface area contributed by atoms with E-state index in [9.17, 15) is 9.59 Å². The highest BCUT2D eigenvalue weighted by atomic mass is 16.6. The van der Waals surface area contributed by atoms with Crippen molar-refractivity contribution < 1.29 is 19.4 Å². The fourth-order valence-corrected chi connectivity index (χ4v) is 1.98. The van der Waals surface area contributed by atoms with E-state index in [1.807, 2.05) is 32.7 Å². The molecular formula is C13H24N2O4. The van der Waals surface area contributed by atoms with E-state index in [2.05, 4.69) is 0 Å². The van der Waals surface area contributed by atoms with E-state index < -0.39 is 11.6 Å². The Hall–Kier alpha value is -1.30. The van der Waals surface area contributed by atoms with E-state index in [4.69, 9.17) is 9.84 Å². The molecule has 1 N–H and O–H groups in total. The molecule has 6 nitrogen and oxygen atoms in total. The van der Waals surface area contributed by atoms with Gasteiger partial charge < -0.3 is 19.6 Å². The molecule has 1 rings (SSSR count). The Kier molecular flexibility index (Phi) is 5.17. The number of aliphatic carboxylic acids is 1. The number of carboxylic acid groups (broad SMARTS) is 1.